The number of alkyl halides is 3. The molecule has 3 rings (SSSR count). The van der Waals surface area contributed by atoms with Gasteiger partial charge < -0.3 is 5.11 Å². The van der Waals surface area contributed by atoms with Gasteiger partial charge in [0.1, 0.15) is 6.04 Å². The third-order valence-electron chi connectivity index (χ3n) is 5.04. The molecule has 0 bridgehead atoms. The number of hydrogen-bond acceptors (Lipinski definition) is 2. The summed E-state index contributed by atoms with van der Waals surface area (Å²) in [5.74, 6) is -1.03. The van der Waals surface area contributed by atoms with E-state index in [1.807, 2.05) is 0 Å². The van der Waals surface area contributed by atoms with Crippen LogP contribution in [0.15, 0.2) is 36.4 Å². The lowest BCUT2D eigenvalue weighted by atomic mass is 9.91. The van der Waals surface area contributed by atoms with Crippen LogP contribution in [0.4, 0.5) is 13.2 Å². The Morgan fingerprint density at radius 3 is 2.34 bits per heavy atom. The van der Waals surface area contributed by atoms with Crippen molar-refractivity contribution < 1.29 is 23.1 Å². The summed E-state index contributed by atoms with van der Waals surface area (Å²) in [6.07, 6.45) is -2.73. The zero-order chi connectivity index (χ0) is 21.3. The van der Waals surface area contributed by atoms with Gasteiger partial charge in [-0.15, -0.1) is 0 Å². The Hall–Kier alpha value is -1.47. The van der Waals surface area contributed by atoms with Gasteiger partial charge in [0.2, 0.25) is 0 Å². The highest BCUT2D eigenvalue weighted by Gasteiger charge is 2.38. The van der Waals surface area contributed by atoms with Gasteiger partial charge in [0.05, 0.1) is 21.7 Å². The second-order valence-corrected chi connectivity index (χ2v) is 8.12. The van der Waals surface area contributed by atoms with Crippen molar-refractivity contribution in [3.05, 3.63) is 68.2 Å². The Morgan fingerprint density at radius 2 is 1.72 bits per heavy atom. The molecular weight excluding hydrogens is 450 g/mol. The highest BCUT2D eigenvalue weighted by molar-refractivity contribution is 6.42. The molecule has 2 aromatic carbocycles. The molecule has 0 aromatic heterocycles. The molecule has 9 heteroatoms. The fourth-order valence-electron chi connectivity index (χ4n) is 3.69. The molecular formula is C20H17Cl3F3NO2. The molecule has 1 saturated heterocycles. The summed E-state index contributed by atoms with van der Waals surface area (Å²) >= 11 is 18.5. The van der Waals surface area contributed by atoms with Crippen LogP contribution < -0.4 is 0 Å². The first-order chi connectivity index (χ1) is 13.6. The minimum atomic E-state index is -4.56. The van der Waals surface area contributed by atoms with E-state index >= 15 is 0 Å². The summed E-state index contributed by atoms with van der Waals surface area (Å²) < 4.78 is 40.0. The average Bonchev–Trinajstić information content (AvgIpc) is 2.65. The smallest absolute Gasteiger partial charge is 0.416 e. The zero-order valence-electron chi connectivity index (χ0n) is 15.0. The molecule has 1 aliphatic heterocycles. The Labute approximate surface area is 181 Å². The second kappa shape index (κ2) is 8.72. The van der Waals surface area contributed by atoms with Crippen molar-refractivity contribution in [3.63, 3.8) is 0 Å². The molecule has 1 aliphatic rings. The molecule has 0 saturated carbocycles. The highest BCUT2D eigenvalue weighted by Crippen LogP contribution is 2.41. The predicted octanol–water partition coefficient (Wildman–Crippen LogP) is 6.69. The van der Waals surface area contributed by atoms with E-state index in [1.54, 1.807) is 17.0 Å². The van der Waals surface area contributed by atoms with Crippen molar-refractivity contribution in [2.45, 2.75) is 37.5 Å². The first-order valence-electron chi connectivity index (χ1n) is 8.89. The minimum Gasteiger partial charge on any atom is -0.480 e. The second-order valence-electron chi connectivity index (χ2n) is 6.90. The third kappa shape index (κ3) is 4.82. The lowest BCUT2D eigenvalue weighted by Crippen LogP contribution is -2.47. The number of rotatable bonds is 4. The predicted molar refractivity (Wildman–Crippen MR) is 107 cm³/mol. The van der Waals surface area contributed by atoms with Gasteiger partial charge in [0.25, 0.3) is 0 Å². The van der Waals surface area contributed by atoms with Gasteiger partial charge in [0.15, 0.2) is 0 Å². The fraction of sp³-hybridized carbons (Fsp3) is 0.350. The summed E-state index contributed by atoms with van der Waals surface area (Å²) in [4.78, 5) is 13.5. The van der Waals surface area contributed by atoms with Crippen LogP contribution in [0.2, 0.25) is 15.1 Å². The molecule has 1 N–H and O–H groups in total. The van der Waals surface area contributed by atoms with E-state index in [9.17, 15) is 23.1 Å². The number of hydrogen-bond donors (Lipinski definition) is 1. The molecule has 29 heavy (non-hydrogen) atoms. The van der Waals surface area contributed by atoms with E-state index in [4.69, 9.17) is 34.8 Å². The minimum absolute atomic E-state index is 0.115. The SMILES string of the molecule is O=C(O)C1CCCCN1C(c1ccc(Cl)c(Cl)c1)c1cc(C(F)(F)F)ccc1Cl. The van der Waals surface area contributed by atoms with E-state index in [2.05, 4.69) is 0 Å². The molecule has 0 radical (unpaired) electrons. The maximum Gasteiger partial charge on any atom is 0.416 e. The van der Waals surface area contributed by atoms with E-state index < -0.39 is 29.8 Å². The number of carboxylic acids is 1. The molecule has 0 amide bonds. The van der Waals surface area contributed by atoms with Crippen LogP contribution in [0.25, 0.3) is 0 Å². The lowest BCUT2D eigenvalue weighted by molar-refractivity contribution is -0.145. The van der Waals surface area contributed by atoms with Crippen LogP contribution in [0.5, 0.6) is 0 Å². The standard InChI is InChI=1S/C20H17Cl3F3NO2/c21-14-7-5-12(20(24,25)26)10-13(14)18(11-4-6-15(22)16(23)9-11)27-8-2-1-3-17(27)19(28)29/h4-7,9-10,17-18H,1-3,8H2,(H,28,29). The molecule has 0 spiro atoms. The Bertz CT molecular complexity index is 920. The molecule has 2 unspecified atom stereocenters. The van der Waals surface area contributed by atoms with Gasteiger partial charge in [0, 0.05) is 5.02 Å². The number of halogens is 6. The van der Waals surface area contributed by atoms with Crippen LogP contribution in [0.1, 0.15) is 42.0 Å². The van der Waals surface area contributed by atoms with E-state index in [1.165, 1.54) is 12.1 Å². The fourth-order valence-corrected chi connectivity index (χ4v) is 4.22. The summed E-state index contributed by atoms with van der Waals surface area (Å²) in [5, 5.41) is 10.3. The number of likely N-dealkylation sites (tertiary alicyclic amines) is 1. The van der Waals surface area contributed by atoms with Crippen LogP contribution >= 0.6 is 34.8 Å². The quantitative estimate of drug-likeness (QED) is 0.545. The van der Waals surface area contributed by atoms with Crippen molar-refractivity contribution in [2.75, 3.05) is 6.54 Å². The molecule has 1 heterocycles. The van der Waals surface area contributed by atoms with Crippen LogP contribution in [0.3, 0.4) is 0 Å². The zero-order valence-corrected chi connectivity index (χ0v) is 17.3. The number of benzene rings is 2. The Balaban J connectivity index is 2.20. The van der Waals surface area contributed by atoms with E-state index in [0.717, 1.165) is 25.0 Å². The number of aliphatic carboxylic acids is 1. The summed E-state index contributed by atoms with van der Waals surface area (Å²) in [6.45, 7) is 0.397. The number of piperidine rings is 1. The maximum atomic E-state index is 13.3. The summed E-state index contributed by atoms with van der Waals surface area (Å²) in [7, 11) is 0. The number of carboxylic acid groups (broad SMARTS) is 1. The van der Waals surface area contributed by atoms with E-state index in [0.29, 0.717) is 18.5 Å². The van der Waals surface area contributed by atoms with Crippen molar-refractivity contribution in [1.29, 1.82) is 0 Å². The first-order valence-corrected chi connectivity index (χ1v) is 10.0. The largest absolute Gasteiger partial charge is 0.480 e. The first kappa shape index (κ1) is 22.2. The van der Waals surface area contributed by atoms with Crippen molar-refractivity contribution >= 4 is 40.8 Å². The lowest BCUT2D eigenvalue weighted by Gasteiger charge is -2.40. The van der Waals surface area contributed by atoms with Crippen LogP contribution in [-0.2, 0) is 11.0 Å². The molecule has 0 aliphatic carbocycles. The molecule has 1 fully saturated rings. The van der Waals surface area contributed by atoms with Gasteiger partial charge in [-0.3, -0.25) is 9.69 Å². The molecule has 3 nitrogen and oxygen atoms in total. The van der Waals surface area contributed by atoms with Crippen LogP contribution in [0, 0.1) is 0 Å². The summed E-state index contributed by atoms with van der Waals surface area (Å²) in [5.41, 5.74) is -0.160. The van der Waals surface area contributed by atoms with Gasteiger partial charge in [-0.1, -0.05) is 47.3 Å². The summed E-state index contributed by atoms with van der Waals surface area (Å²) in [6, 6.07) is 6.10. The van der Waals surface area contributed by atoms with Crippen LogP contribution in [-0.4, -0.2) is 28.6 Å². The van der Waals surface area contributed by atoms with Crippen molar-refractivity contribution in [2.24, 2.45) is 0 Å². The Morgan fingerprint density at radius 1 is 1.03 bits per heavy atom. The van der Waals surface area contributed by atoms with Gasteiger partial charge in [-0.05, 0) is 60.8 Å². The molecule has 2 aromatic rings. The van der Waals surface area contributed by atoms with Gasteiger partial charge in [-0.25, -0.2) is 0 Å². The Kier molecular flexibility index (Phi) is 6.68. The molecule has 2 atom stereocenters. The average molecular weight is 467 g/mol. The topological polar surface area (TPSA) is 40.5 Å². The number of nitrogens with zero attached hydrogens (tertiary/aromatic N) is 1. The van der Waals surface area contributed by atoms with Gasteiger partial charge >= 0.3 is 12.1 Å². The number of carbonyl (C=O) groups is 1. The maximum absolute atomic E-state index is 13.3. The van der Waals surface area contributed by atoms with Crippen molar-refractivity contribution in [1.82, 2.24) is 4.90 Å². The van der Waals surface area contributed by atoms with Gasteiger partial charge in [-0.2, -0.15) is 13.2 Å². The van der Waals surface area contributed by atoms with E-state index in [-0.39, 0.29) is 20.6 Å². The third-order valence-corrected chi connectivity index (χ3v) is 6.12. The molecule has 156 valence electrons. The van der Waals surface area contributed by atoms with Crippen molar-refractivity contribution in [3.8, 4) is 0 Å². The highest BCUT2D eigenvalue weighted by atomic mass is 35.5. The monoisotopic (exact) mass is 465 g/mol. The normalized spacial score (nSPS) is 19.2.